The Morgan fingerprint density at radius 1 is 0.857 bits per heavy atom. The first-order valence-corrected chi connectivity index (χ1v) is 14.6. The Morgan fingerprint density at radius 2 is 1.48 bits per heavy atom. The molecular weight excluding hydrogens is 557 g/mol. The topological polar surface area (TPSA) is 106 Å². The summed E-state index contributed by atoms with van der Waals surface area (Å²) in [7, 11) is -2.46. The van der Waals surface area contributed by atoms with E-state index in [9.17, 15) is 17.6 Å². The van der Waals surface area contributed by atoms with E-state index < -0.39 is 21.7 Å². The SMILES string of the molecule is COc1ccc(-c2cc(CN=C(NC(=O)OC(C)(C)C)NS(=O)(=O)c3ccccc3)ccc2-c2ccc(F)cc2)cc1. The molecule has 0 bridgehead atoms. The Kier molecular flexibility index (Phi) is 9.27. The number of benzene rings is 4. The number of amides is 1. The second-order valence-corrected chi connectivity index (χ2v) is 12.0. The minimum Gasteiger partial charge on any atom is -0.497 e. The largest absolute Gasteiger partial charge is 0.497 e. The number of nitrogens with zero attached hydrogens (tertiary/aromatic N) is 1. The summed E-state index contributed by atoms with van der Waals surface area (Å²) >= 11 is 0. The van der Waals surface area contributed by atoms with Crippen LogP contribution in [0, 0.1) is 5.82 Å². The van der Waals surface area contributed by atoms with Crippen molar-refractivity contribution in [3.05, 3.63) is 108 Å². The molecule has 0 heterocycles. The van der Waals surface area contributed by atoms with E-state index in [1.165, 1.54) is 24.3 Å². The molecule has 0 atom stereocenters. The van der Waals surface area contributed by atoms with Gasteiger partial charge in [0.15, 0.2) is 0 Å². The van der Waals surface area contributed by atoms with Gasteiger partial charge in [-0.2, -0.15) is 0 Å². The molecule has 0 saturated carbocycles. The van der Waals surface area contributed by atoms with Crippen molar-refractivity contribution in [1.29, 1.82) is 0 Å². The molecule has 4 aromatic rings. The molecule has 0 saturated heterocycles. The zero-order valence-electron chi connectivity index (χ0n) is 23.7. The fourth-order valence-corrected chi connectivity index (χ4v) is 5.04. The van der Waals surface area contributed by atoms with Crippen LogP contribution in [0.1, 0.15) is 26.3 Å². The first-order chi connectivity index (χ1) is 19.9. The lowest BCUT2D eigenvalue weighted by atomic mass is 9.92. The fraction of sp³-hybridized carbons (Fsp3) is 0.188. The molecule has 8 nitrogen and oxygen atoms in total. The monoisotopic (exact) mass is 589 g/mol. The highest BCUT2D eigenvalue weighted by Crippen LogP contribution is 2.34. The molecule has 0 aliphatic rings. The first-order valence-electron chi connectivity index (χ1n) is 13.1. The number of sulfonamides is 1. The quantitative estimate of drug-likeness (QED) is 0.188. The van der Waals surface area contributed by atoms with Crippen LogP contribution in [0.25, 0.3) is 22.3 Å². The minimum atomic E-state index is -4.05. The highest BCUT2D eigenvalue weighted by molar-refractivity contribution is 7.90. The second-order valence-electron chi connectivity index (χ2n) is 10.3. The molecule has 0 spiro atoms. The number of halogens is 1. The Balaban J connectivity index is 1.70. The highest BCUT2D eigenvalue weighted by Gasteiger charge is 2.21. The van der Waals surface area contributed by atoms with Crippen molar-refractivity contribution < 1.29 is 27.1 Å². The van der Waals surface area contributed by atoms with Crippen LogP contribution in [-0.2, 0) is 21.3 Å². The molecule has 218 valence electrons. The smallest absolute Gasteiger partial charge is 0.414 e. The normalized spacial score (nSPS) is 12.0. The molecule has 0 aliphatic heterocycles. The van der Waals surface area contributed by atoms with Crippen LogP contribution in [0.15, 0.2) is 107 Å². The maximum Gasteiger partial charge on any atom is 0.414 e. The molecule has 0 unspecified atom stereocenters. The van der Waals surface area contributed by atoms with Gasteiger partial charge in [-0.25, -0.2) is 27.3 Å². The summed E-state index contributed by atoms with van der Waals surface area (Å²) < 4.78 is 52.6. The number of hydrogen-bond donors (Lipinski definition) is 2. The molecule has 10 heteroatoms. The van der Waals surface area contributed by atoms with Crippen molar-refractivity contribution in [3.8, 4) is 28.0 Å². The van der Waals surface area contributed by atoms with Crippen molar-refractivity contribution >= 4 is 22.1 Å². The molecular formula is C32H32FN3O5S. The number of nitrogens with one attached hydrogen (secondary N) is 2. The minimum absolute atomic E-state index is 0.00846. The van der Waals surface area contributed by atoms with Gasteiger partial charge in [-0.05, 0) is 91.1 Å². The molecule has 0 aliphatic carbocycles. The second kappa shape index (κ2) is 12.9. The van der Waals surface area contributed by atoms with Crippen LogP contribution in [0.3, 0.4) is 0 Å². The third-order valence-corrected chi connectivity index (χ3v) is 7.32. The number of carbonyl (C=O) groups is 1. The van der Waals surface area contributed by atoms with Gasteiger partial charge in [0, 0.05) is 0 Å². The van der Waals surface area contributed by atoms with Gasteiger partial charge in [-0.15, -0.1) is 0 Å². The van der Waals surface area contributed by atoms with E-state index in [1.807, 2.05) is 42.5 Å². The summed E-state index contributed by atoms with van der Waals surface area (Å²) in [6, 6.07) is 27.1. The van der Waals surface area contributed by atoms with E-state index in [1.54, 1.807) is 58.2 Å². The number of rotatable bonds is 7. The van der Waals surface area contributed by atoms with E-state index in [-0.39, 0.29) is 23.2 Å². The maximum atomic E-state index is 13.6. The van der Waals surface area contributed by atoms with Gasteiger partial charge < -0.3 is 9.47 Å². The number of alkyl carbamates (subject to hydrolysis) is 1. The number of hydrogen-bond acceptors (Lipinski definition) is 6. The van der Waals surface area contributed by atoms with Crippen molar-refractivity contribution in [2.75, 3.05) is 7.11 Å². The highest BCUT2D eigenvalue weighted by atomic mass is 32.2. The maximum absolute atomic E-state index is 13.6. The number of guanidine groups is 1. The van der Waals surface area contributed by atoms with Gasteiger partial charge in [0.2, 0.25) is 5.96 Å². The van der Waals surface area contributed by atoms with Crippen molar-refractivity contribution in [2.24, 2.45) is 4.99 Å². The third-order valence-electron chi connectivity index (χ3n) is 5.96. The zero-order chi connectivity index (χ0) is 30.3. The van der Waals surface area contributed by atoms with Gasteiger partial charge in [0.1, 0.15) is 17.2 Å². The van der Waals surface area contributed by atoms with Gasteiger partial charge in [-0.3, -0.25) is 5.32 Å². The Bertz CT molecular complexity index is 1670. The fourth-order valence-electron chi connectivity index (χ4n) is 4.03. The molecule has 0 aromatic heterocycles. The lowest BCUT2D eigenvalue weighted by Crippen LogP contribution is -2.45. The predicted molar refractivity (Wildman–Crippen MR) is 161 cm³/mol. The summed E-state index contributed by atoms with van der Waals surface area (Å²) in [5, 5.41) is 2.42. The summed E-state index contributed by atoms with van der Waals surface area (Å²) in [6.45, 7) is 5.11. The van der Waals surface area contributed by atoms with Crippen LogP contribution < -0.4 is 14.8 Å². The Morgan fingerprint density at radius 3 is 2.10 bits per heavy atom. The molecule has 0 fully saturated rings. The molecule has 42 heavy (non-hydrogen) atoms. The van der Waals surface area contributed by atoms with E-state index in [2.05, 4.69) is 15.0 Å². The van der Waals surface area contributed by atoms with E-state index in [0.717, 1.165) is 27.8 Å². The van der Waals surface area contributed by atoms with Gasteiger partial charge in [-0.1, -0.05) is 54.6 Å². The standard InChI is InChI=1S/C32H32FN3O5S/c1-32(2,3)41-31(37)35-30(36-42(38,39)27-8-6-5-7-9-27)34-21-22-10-19-28(23-11-15-25(33)16-12-23)29(20-22)24-13-17-26(40-4)18-14-24/h5-20H,21H2,1-4H3,(H2,34,35,36,37). The Labute approximate surface area is 245 Å². The van der Waals surface area contributed by atoms with Gasteiger partial charge in [0.05, 0.1) is 18.6 Å². The lowest BCUT2D eigenvalue weighted by Gasteiger charge is -2.20. The van der Waals surface area contributed by atoms with E-state index >= 15 is 0 Å². The molecule has 4 aromatic carbocycles. The van der Waals surface area contributed by atoms with Crippen LogP contribution in [0.5, 0.6) is 5.75 Å². The molecule has 2 N–H and O–H groups in total. The van der Waals surface area contributed by atoms with Crippen LogP contribution >= 0.6 is 0 Å². The third kappa shape index (κ3) is 8.17. The zero-order valence-corrected chi connectivity index (χ0v) is 24.5. The van der Waals surface area contributed by atoms with Crippen molar-refractivity contribution in [3.63, 3.8) is 0 Å². The molecule has 4 rings (SSSR count). The average Bonchev–Trinajstić information content (AvgIpc) is 2.95. The van der Waals surface area contributed by atoms with E-state index in [0.29, 0.717) is 5.75 Å². The predicted octanol–water partition coefficient (Wildman–Crippen LogP) is 6.53. The molecule has 1 amide bonds. The summed E-state index contributed by atoms with van der Waals surface area (Å²) in [5.74, 6) is 0.0757. The number of ether oxygens (including phenoxy) is 2. The van der Waals surface area contributed by atoms with Crippen LogP contribution in [0.4, 0.5) is 9.18 Å². The summed E-state index contributed by atoms with van der Waals surface area (Å²) in [6.07, 6.45) is -0.859. The molecule has 0 radical (unpaired) electrons. The van der Waals surface area contributed by atoms with Gasteiger partial charge >= 0.3 is 6.09 Å². The summed E-state index contributed by atoms with van der Waals surface area (Å²) in [4.78, 5) is 16.9. The summed E-state index contributed by atoms with van der Waals surface area (Å²) in [5.41, 5.74) is 3.34. The lowest BCUT2D eigenvalue weighted by molar-refractivity contribution is 0.0562. The van der Waals surface area contributed by atoms with Crippen LogP contribution in [-0.4, -0.2) is 33.2 Å². The van der Waals surface area contributed by atoms with E-state index in [4.69, 9.17) is 9.47 Å². The van der Waals surface area contributed by atoms with Crippen molar-refractivity contribution in [1.82, 2.24) is 10.0 Å². The van der Waals surface area contributed by atoms with Crippen LogP contribution in [0.2, 0.25) is 0 Å². The first kappa shape index (κ1) is 30.3. The number of carbonyl (C=O) groups excluding carboxylic acids is 1. The number of methoxy groups -OCH3 is 1. The van der Waals surface area contributed by atoms with Crippen molar-refractivity contribution in [2.45, 2.75) is 37.8 Å². The Hall–Kier alpha value is -4.70. The average molecular weight is 590 g/mol. The van der Waals surface area contributed by atoms with Gasteiger partial charge in [0.25, 0.3) is 10.0 Å². The number of aliphatic imine (C=N–C) groups is 1.